The number of carbonyl (C=O) groups is 1. The van der Waals surface area contributed by atoms with Gasteiger partial charge in [-0.1, -0.05) is 6.07 Å². The largest absolute Gasteiger partial charge is 0.309 e. The van der Waals surface area contributed by atoms with Crippen molar-refractivity contribution in [2.75, 3.05) is 20.6 Å². The number of amides is 1. The second kappa shape index (κ2) is 6.94. The molecule has 3 aliphatic rings. The normalized spacial score (nSPS) is 28.0. The molecule has 0 saturated heterocycles. The van der Waals surface area contributed by atoms with Gasteiger partial charge < -0.3 is 4.90 Å². The molecule has 4 rings (SSSR count). The number of carbonyl (C=O) groups excluding carboxylic acids is 1. The second-order valence-electron chi connectivity index (χ2n) is 8.45. The molecule has 0 aliphatic heterocycles. The van der Waals surface area contributed by atoms with Crippen LogP contribution in [0.15, 0.2) is 10.4 Å². The van der Waals surface area contributed by atoms with Crippen LogP contribution in [0.3, 0.4) is 0 Å². The molecule has 1 fully saturated rings. The average Bonchev–Trinajstić information content (AvgIpc) is 2.97. The third-order valence-electron chi connectivity index (χ3n) is 6.14. The van der Waals surface area contributed by atoms with Gasteiger partial charge in [-0.2, -0.15) is 0 Å². The van der Waals surface area contributed by atoms with Crippen molar-refractivity contribution in [3.63, 3.8) is 0 Å². The minimum Gasteiger partial charge on any atom is -0.309 e. The topological polar surface area (TPSA) is 75.8 Å². The highest BCUT2D eigenvalue weighted by atomic mass is 32.2. The van der Waals surface area contributed by atoms with Crippen LogP contribution in [0.4, 0.5) is 4.39 Å². The lowest BCUT2D eigenvalue weighted by atomic mass is 9.92. The van der Waals surface area contributed by atoms with Gasteiger partial charge in [-0.25, -0.2) is 13.7 Å². The molecule has 1 aromatic rings. The van der Waals surface area contributed by atoms with Crippen LogP contribution in [-0.2, 0) is 46.8 Å². The zero-order chi connectivity index (χ0) is 19.3. The number of aryl methyl sites for hydroxylation is 2. The lowest BCUT2D eigenvalue weighted by Gasteiger charge is -2.14. The van der Waals surface area contributed by atoms with E-state index < -0.39 is 33.2 Å². The first-order chi connectivity index (χ1) is 12.8. The van der Waals surface area contributed by atoms with E-state index in [1.54, 1.807) is 0 Å². The molecule has 1 aromatic carbocycles. The fourth-order valence-electron chi connectivity index (χ4n) is 4.92. The smallest absolute Gasteiger partial charge is 0.259 e. The Morgan fingerprint density at radius 2 is 1.81 bits per heavy atom. The van der Waals surface area contributed by atoms with Crippen molar-refractivity contribution in [3.8, 4) is 0 Å². The molecular weight excluding hydrogens is 365 g/mol. The third kappa shape index (κ3) is 3.57. The minimum absolute atomic E-state index is 0.141. The molecule has 1 saturated carbocycles. The van der Waals surface area contributed by atoms with E-state index in [0.717, 1.165) is 44.1 Å². The Kier molecular flexibility index (Phi) is 4.89. The molecule has 0 aromatic heterocycles. The van der Waals surface area contributed by atoms with E-state index in [0.29, 0.717) is 6.54 Å². The summed E-state index contributed by atoms with van der Waals surface area (Å²) in [6, 6.07) is 2.31. The number of hydrogen-bond donors (Lipinski definition) is 1. The number of nitrogens with two attached hydrogens (primary N) is 1. The van der Waals surface area contributed by atoms with Crippen LogP contribution in [0.5, 0.6) is 0 Å². The van der Waals surface area contributed by atoms with Crippen LogP contribution in [0.25, 0.3) is 0 Å². The third-order valence-corrected chi connectivity index (χ3v) is 8.02. The van der Waals surface area contributed by atoms with Gasteiger partial charge in [0.15, 0.2) is 0 Å². The molecule has 4 unspecified atom stereocenters. The highest BCUT2D eigenvalue weighted by molar-refractivity contribution is 7.92. The molecular formula is C20H28FN3O2S. The molecule has 0 spiro atoms. The van der Waals surface area contributed by atoms with E-state index in [1.807, 2.05) is 19.0 Å². The predicted molar refractivity (Wildman–Crippen MR) is 105 cm³/mol. The number of benzene rings is 1. The summed E-state index contributed by atoms with van der Waals surface area (Å²) in [6.07, 6.45) is 5.23. The van der Waals surface area contributed by atoms with Crippen molar-refractivity contribution in [2.24, 2.45) is 15.4 Å². The molecule has 1 amide bonds. The SMILES string of the molecule is CN(C)CC1C(F)C1S(N)(=O)=NC(=O)Cc1c2c(cc3c1CCC3)CCC2. The number of alkyl halides is 1. The molecule has 3 aliphatic carbocycles. The molecule has 0 heterocycles. The van der Waals surface area contributed by atoms with Gasteiger partial charge in [0.2, 0.25) is 0 Å². The number of hydrogen-bond acceptors (Lipinski definition) is 3. The maximum absolute atomic E-state index is 14.1. The summed E-state index contributed by atoms with van der Waals surface area (Å²) in [7, 11) is 0.310. The van der Waals surface area contributed by atoms with E-state index >= 15 is 0 Å². The van der Waals surface area contributed by atoms with Crippen LogP contribution in [-0.4, -0.2) is 47.1 Å². The Morgan fingerprint density at radius 1 is 1.22 bits per heavy atom. The van der Waals surface area contributed by atoms with Crippen molar-refractivity contribution in [3.05, 3.63) is 33.9 Å². The van der Waals surface area contributed by atoms with Crippen LogP contribution >= 0.6 is 0 Å². The van der Waals surface area contributed by atoms with E-state index in [9.17, 15) is 13.4 Å². The number of nitrogens with zero attached hydrogens (tertiary/aromatic N) is 2. The molecule has 27 heavy (non-hydrogen) atoms. The van der Waals surface area contributed by atoms with Gasteiger partial charge in [-0.3, -0.25) is 4.79 Å². The monoisotopic (exact) mass is 393 g/mol. The van der Waals surface area contributed by atoms with Gasteiger partial charge in [0.05, 0.1) is 11.7 Å². The number of fused-ring (bicyclic) bond motifs is 2. The second-order valence-corrected chi connectivity index (χ2v) is 10.4. The van der Waals surface area contributed by atoms with Gasteiger partial charge >= 0.3 is 0 Å². The molecule has 0 bridgehead atoms. The summed E-state index contributed by atoms with van der Waals surface area (Å²) in [5.74, 6) is -0.876. The first-order valence-electron chi connectivity index (χ1n) is 9.78. The Labute approximate surface area is 160 Å². The average molecular weight is 394 g/mol. The Hall–Kier alpha value is -1.31. The Balaban J connectivity index is 1.57. The first kappa shape index (κ1) is 19.0. The highest BCUT2D eigenvalue weighted by Gasteiger charge is 2.57. The summed E-state index contributed by atoms with van der Waals surface area (Å²) in [5.41, 5.74) is 6.35. The lowest BCUT2D eigenvalue weighted by Crippen LogP contribution is -2.25. The maximum Gasteiger partial charge on any atom is 0.259 e. The van der Waals surface area contributed by atoms with E-state index in [4.69, 9.17) is 5.14 Å². The van der Waals surface area contributed by atoms with Gasteiger partial charge in [-0.05, 0) is 80.4 Å². The zero-order valence-corrected chi connectivity index (χ0v) is 16.9. The molecule has 7 heteroatoms. The van der Waals surface area contributed by atoms with E-state index in [-0.39, 0.29) is 6.42 Å². The minimum atomic E-state index is -3.35. The van der Waals surface area contributed by atoms with Gasteiger partial charge in [0, 0.05) is 12.5 Å². The van der Waals surface area contributed by atoms with Crippen molar-refractivity contribution in [1.29, 1.82) is 0 Å². The molecule has 148 valence electrons. The van der Waals surface area contributed by atoms with Crippen LogP contribution < -0.4 is 5.14 Å². The number of rotatable bonds is 5. The van der Waals surface area contributed by atoms with Crippen LogP contribution in [0.2, 0.25) is 0 Å². The fourth-order valence-corrected chi connectivity index (χ4v) is 6.64. The highest BCUT2D eigenvalue weighted by Crippen LogP contribution is 2.41. The summed E-state index contributed by atoms with van der Waals surface area (Å²) >= 11 is 0. The van der Waals surface area contributed by atoms with Crippen LogP contribution in [0, 0.1) is 5.92 Å². The number of halogens is 1. The first-order valence-corrected chi connectivity index (χ1v) is 11.4. The molecule has 5 nitrogen and oxygen atoms in total. The zero-order valence-electron chi connectivity index (χ0n) is 16.0. The Bertz CT molecular complexity index is 873. The van der Waals surface area contributed by atoms with Gasteiger partial charge in [0.1, 0.15) is 16.1 Å². The summed E-state index contributed by atoms with van der Waals surface area (Å²) in [6.45, 7) is 0.462. The van der Waals surface area contributed by atoms with Gasteiger partial charge in [-0.15, -0.1) is 4.36 Å². The van der Waals surface area contributed by atoms with E-state index in [2.05, 4.69) is 10.4 Å². The fraction of sp³-hybridized carbons (Fsp3) is 0.650. The van der Waals surface area contributed by atoms with Crippen LogP contribution in [0.1, 0.15) is 40.7 Å². The van der Waals surface area contributed by atoms with Crippen molar-refractivity contribution in [1.82, 2.24) is 4.90 Å². The van der Waals surface area contributed by atoms with Crippen molar-refractivity contribution < 1.29 is 13.4 Å². The lowest BCUT2D eigenvalue weighted by molar-refractivity contribution is -0.117. The van der Waals surface area contributed by atoms with Crippen molar-refractivity contribution >= 4 is 15.8 Å². The summed E-state index contributed by atoms with van der Waals surface area (Å²) in [5, 5.41) is 5.00. The predicted octanol–water partition coefficient (Wildman–Crippen LogP) is 1.97. The standard InChI is InChI=1S/C20H28FN3O2S/c1-24(2)11-17-19(21)20(17)27(22,26)23-18(25)10-16-14-7-3-5-12(14)9-13-6-4-8-15(13)16/h9,17,19-20H,3-8,10-11H2,1-2H3,(H2,22,23,25,26). The van der Waals surface area contributed by atoms with Gasteiger partial charge in [0.25, 0.3) is 5.91 Å². The van der Waals surface area contributed by atoms with Crippen molar-refractivity contribution in [2.45, 2.75) is 56.4 Å². The molecule has 2 N–H and O–H groups in total. The summed E-state index contributed by atoms with van der Waals surface area (Å²) < 4.78 is 30.7. The maximum atomic E-state index is 14.1. The summed E-state index contributed by atoms with van der Waals surface area (Å²) in [4.78, 5) is 14.5. The molecule has 4 atom stereocenters. The Morgan fingerprint density at radius 3 is 2.37 bits per heavy atom. The molecule has 0 radical (unpaired) electrons. The quantitative estimate of drug-likeness (QED) is 0.831. The van der Waals surface area contributed by atoms with E-state index in [1.165, 1.54) is 22.3 Å².